The molecule has 0 amide bonds. The highest BCUT2D eigenvalue weighted by atomic mass is 19.1. The van der Waals surface area contributed by atoms with Crippen molar-refractivity contribution >= 4 is 5.69 Å². The molecular formula is C12H18FNO. The molecule has 1 aromatic carbocycles. The summed E-state index contributed by atoms with van der Waals surface area (Å²) in [7, 11) is 1.57. The van der Waals surface area contributed by atoms with Crippen molar-refractivity contribution in [3.8, 4) is 5.75 Å². The Kier molecular flexibility index (Phi) is 3.56. The molecule has 15 heavy (non-hydrogen) atoms. The van der Waals surface area contributed by atoms with E-state index in [9.17, 15) is 4.39 Å². The first-order valence-corrected chi connectivity index (χ1v) is 5.00. The Hall–Kier alpha value is -1.25. The maximum Gasteiger partial charge on any atom is 0.146 e. The van der Waals surface area contributed by atoms with Crippen LogP contribution in [0.1, 0.15) is 20.8 Å². The lowest BCUT2D eigenvalue weighted by Gasteiger charge is -2.20. The second-order valence-electron chi connectivity index (χ2n) is 4.76. The predicted molar refractivity (Wildman–Crippen MR) is 60.9 cm³/mol. The number of hydrogen-bond acceptors (Lipinski definition) is 2. The summed E-state index contributed by atoms with van der Waals surface area (Å²) < 4.78 is 18.4. The van der Waals surface area contributed by atoms with Crippen LogP contribution in [0, 0.1) is 11.2 Å². The lowest BCUT2D eigenvalue weighted by molar-refractivity contribution is 0.413. The molecule has 0 bridgehead atoms. The Balaban J connectivity index is 2.75. The van der Waals surface area contributed by atoms with Gasteiger partial charge in [0.15, 0.2) is 0 Å². The first-order valence-electron chi connectivity index (χ1n) is 5.00. The molecular weight excluding hydrogens is 193 g/mol. The highest BCUT2D eigenvalue weighted by Gasteiger charge is 2.11. The van der Waals surface area contributed by atoms with Gasteiger partial charge in [0.25, 0.3) is 0 Å². The number of halogens is 1. The van der Waals surface area contributed by atoms with Crippen LogP contribution in [0.15, 0.2) is 18.2 Å². The van der Waals surface area contributed by atoms with Crippen molar-refractivity contribution in [3.05, 3.63) is 24.0 Å². The van der Waals surface area contributed by atoms with E-state index < -0.39 is 0 Å². The van der Waals surface area contributed by atoms with Gasteiger partial charge >= 0.3 is 0 Å². The zero-order chi connectivity index (χ0) is 11.5. The van der Waals surface area contributed by atoms with Crippen LogP contribution in [0.2, 0.25) is 0 Å². The molecule has 0 unspecified atom stereocenters. The fourth-order valence-electron chi connectivity index (χ4n) is 1.13. The normalized spacial score (nSPS) is 11.3. The van der Waals surface area contributed by atoms with Crippen molar-refractivity contribution in [1.29, 1.82) is 0 Å². The Morgan fingerprint density at radius 3 is 2.53 bits per heavy atom. The molecule has 0 fully saturated rings. The highest BCUT2D eigenvalue weighted by Crippen LogP contribution is 2.22. The van der Waals surface area contributed by atoms with Crippen LogP contribution in [0.25, 0.3) is 0 Å². The number of hydrogen-bond donors (Lipinski definition) is 1. The van der Waals surface area contributed by atoms with E-state index in [4.69, 9.17) is 4.74 Å². The van der Waals surface area contributed by atoms with E-state index in [2.05, 4.69) is 26.1 Å². The van der Waals surface area contributed by atoms with Gasteiger partial charge in [-0.1, -0.05) is 20.8 Å². The second kappa shape index (κ2) is 4.51. The molecule has 0 saturated heterocycles. The Bertz CT molecular complexity index is 331. The lowest BCUT2D eigenvalue weighted by Crippen LogP contribution is -2.19. The molecule has 0 aromatic heterocycles. The van der Waals surface area contributed by atoms with Crippen LogP contribution in [0.5, 0.6) is 5.75 Å². The molecule has 0 saturated carbocycles. The molecule has 0 aliphatic carbocycles. The van der Waals surface area contributed by atoms with Gasteiger partial charge in [-0.15, -0.1) is 0 Å². The Morgan fingerprint density at radius 1 is 1.33 bits per heavy atom. The van der Waals surface area contributed by atoms with Crippen LogP contribution >= 0.6 is 0 Å². The van der Waals surface area contributed by atoms with E-state index in [1.165, 1.54) is 6.07 Å². The van der Waals surface area contributed by atoms with Gasteiger partial charge in [-0.05, 0) is 17.5 Å². The number of rotatable bonds is 3. The zero-order valence-electron chi connectivity index (χ0n) is 9.73. The molecule has 1 N–H and O–H groups in total. The number of methoxy groups -OCH3 is 1. The summed E-state index contributed by atoms with van der Waals surface area (Å²) in [5.74, 6) is 0.410. The van der Waals surface area contributed by atoms with E-state index in [0.29, 0.717) is 11.4 Å². The zero-order valence-corrected chi connectivity index (χ0v) is 9.73. The summed E-state index contributed by atoms with van der Waals surface area (Å²) in [4.78, 5) is 0. The molecule has 1 rings (SSSR count). The monoisotopic (exact) mass is 211 g/mol. The fourth-order valence-corrected chi connectivity index (χ4v) is 1.13. The molecule has 1 aromatic rings. The molecule has 3 heteroatoms. The van der Waals surface area contributed by atoms with Crippen molar-refractivity contribution in [3.63, 3.8) is 0 Å². The first-order chi connectivity index (χ1) is 6.92. The molecule has 0 heterocycles. The molecule has 0 radical (unpaired) electrons. The minimum atomic E-state index is -0.250. The second-order valence-corrected chi connectivity index (χ2v) is 4.76. The average molecular weight is 211 g/mol. The van der Waals surface area contributed by atoms with Crippen molar-refractivity contribution < 1.29 is 9.13 Å². The topological polar surface area (TPSA) is 21.3 Å². The van der Waals surface area contributed by atoms with Crippen LogP contribution in [0.4, 0.5) is 10.1 Å². The van der Waals surface area contributed by atoms with Gasteiger partial charge in [-0.3, -0.25) is 0 Å². The smallest absolute Gasteiger partial charge is 0.146 e. The largest absolute Gasteiger partial charge is 0.497 e. The SMILES string of the molecule is COc1ccc(F)c(NCC(C)(C)C)c1. The summed E-state index contributed by atoms with van der Waals surface area (Å²) in [6.07, 6.45) is 0. The number of ether oxygens (including phenoxy) is 1. The lowest BCUT2D eigenvalue weighted by atomic mass is 9.97. The summed E-state index contributed by atoms with van der Waals surface area (Å²) in [6, 6.07) is 4.68. The quantitative estimate of drug-likeness (QED) is 0.828. The van der Waals surface area contributed by atoms with Crippen molar-refractivity contribution in [2.75, 3.05) is 19.0 Å². The van der Waals surface area contributed by atoms with Crippen molar-refractivity contribution in [2.45, 2.75) is 20.8 Å². The van der Waals surface area contributed by atoms with Crippen LogP contribution in [-0.4, -0.2) is 13.7 Å². The van der Waals surface area contributed by atoms with Gasteiger partial charge < -0.3 is 10.1 Å². The van der Waals surface area contributed by atoms with Gasteiger partial charge in [0.1, 0.15) is 11.6 Å². The third kappa shape index (κ3) is 3.78. The fraction of sp³-hybridized carbons (Fsp3) is 0.500. The minimum Gasteiger partial charge on any atom is -0.497 e. The number of anilines is 1. The van der Waals surface area contributed by atoms with Crippen molar-refractivity contribution in [1.82, 2.24) is 0 Å². The van der Waals surface area contributed by atoms with Crippen molar-refractivity contribution in [2.24, 2.45) is 5.41 Å². The third-order valence-electron chi connectivity index (χ3n) is 1.98. The maximum atomic E-state index is 13.4. The van der Waals surface area contributed by atoms with E-state index in [0.717, 1.165) is 6.54 Å². The minimum absolute atomic E-state index is 0.121. The van der Waals surface area contributed by atoms with E-state index in [1.807, 2.05) is 0 Å². The van der Waals surface area contributed by atoms with Crippen LogP contribution < -0.4 is 10.1 Å². The van der Waals surface area contributed by atoms with Gasteiger partial charge in [-0.25, -0.2) is 4.39 Å². The molecule has 84 valence electrons. The maximum absolute atomic E-state index is 13.4. The summed E-state index contributed by atoms with van der Waals surface area (Å²) in [5, 5.41) is 3.07. The predicted octanol–water partition coefficient (Wildman–Crippen LogP) is 3.29. The van der Waals surface area contributed by atoms with Crippen LogP contribution in [0.3, 0.4) is 0 Å². The molecule has 0 spiro atoms. The van der Waals surface area contributed by atoms with E-state index in [1.54, 1.807) is 19.2 Å². The van der Waals surface area contributed by atoms with Gasteiger partial charge in [0.05, 0.1) is 12.8 Å². The average Bonchev–Trinajstić information content (AvgIpc) is 2.15. The first kappa shape index (κ1) is 11.8. The Morgan fingerprint density at radius 2 is 2.00 bits per heavy atom. The molecule has 2 nitrogen and oxygen atoms in total. The van der Waals surface area contributed by atoms with E-state index >= 15 is 0 Å². The summed E-state index contributed by atoms with van der Waals surface area (Å²) in [5.41, 5.74) is 0.611. The Labute approximate surface area is 90.4 Å². The van der Waals surface area contributed by atoms with Gasteiger partial charge in [-0.2, -0.15) is 0 Å². The molecule has 0 aliphatic rings. The number of benzene rings is 1. The van der Waals surface area contributed by atoms with Gasteiger partial charge in [0.2, 0.25) is 0 Å². The standard InChI is InChI=1S/C12H18FNO/c1-12(2,3)8-14-11-7-9(15-4)5-6-10(11)13/h5-7,14H,8H2,1-4H3. The van der Waals surface area contributed by atoms with Crippen LogP contribution in [-0.2, 0) is 0 Å². The summed E-state index contributed by atoms with van der Waals surface area (Å²) >= 11 is 0. The molecule has 0 aliphatic heterocycles. The number of nitrogens with one attached hydrogen (secondary N) is 1. The highest BCUT2D eigenvalue weighted by molar-refractivity contribution is 5.49. The van der Waals surface area contributed by atoms with Gasteiger partial charge in [0, 0.05) is 12.6 Å². The summed E-state index contributed by atoms with van der Waals surface area (Å²) in [6.45, 7) is 7.01. The molecule has 0 atom stereocenters. The third-order valence-corrected chi connectivity index (χ3v) is 1.98. The van der Waals surface area contributed by atoms with E-state index in [-0.39, 0.29) is 11.2 Å².